The third kappa shape index (κ3) is 4.01. The summed E-state index contributed by atoms with van der Waals surface area (Å²) in [5, 5.41) is 0. The fraction of sp³-hybridized carbons (Fsp3) is 0.900. The number of esters is 1. The van der Waals surface area contributed by atoms with Crippen LogP contribution in [0.2, 0.25) is 0 Å². The van der Waals surface area contributed by atoms with Gasteiger partial charge in [0.05, 0.1) is 13.2 Å². The highest BCUT2D eigenvalue weighted by molar-refractivity contribution is 7.99. The van der Waals surface area contributed by atoms with Crippen molar-refractivity contribution >= 4 is 17.7 Å². The second kappa shape index (κ2) is 5.72. The molecule has 2 unspecified atom stereocenters. The van der Waals surface area contributed by atoms with E-state index in [1.807, 2.05) is 0 Å². The van der Waals surface area contributed by atoms with Crippen LogP contribution in [0.3, 0.4) is 0 Å². The smallest absolute Gasteiger partial charge is 0.326 e. The van der Waals surface area contributed by atoms with E-state index in [4.69, 9.17) is 10.5 Å². The summed E-state index contributed by atoms with van der Waals surface area (Å²) in [7, 11) is 1.36. The summed E-state index contributed by atoms with van der Waals surface area (Å²) < 4.78 is 10.1. The molecule has 0 radical (unpaired) electrons. The highest BCUT2D eigenvalue weighted by Crippen LogP contribution is 2.19. The fourth-order valence-electron chi connectivity index (χ4n) is 1.47. The van der Waals surface area contributed by atoms with Crippen molar-refractivity contribution in [3.8, 4) is 0 Å². The molecule has 5 heteroatoms. The summed E-state index contributed by atoms with van der Waals surface area (Å²) in [6.45, 7) is 2.56. The Morgan fingerprint density at radius 2 is 2.47 bits per heavy atom. The Labute approximate surface area is 94.9 Å². The predicted molar refractivity (Wildman–Crippen MR) is 60.9 cm³/mol. The van der Waals surface area contributed by atoms with E-state index in [1.54, 1.807) is 18.7 Å². The van der Waals surface area contributed by atoms with Gasteiger partial charge < -0.3 is 15.2 Å². The van der Waals surface area contributed by atoms with Gasteiger partial charge in [-0.1, -0.05) is 0 Å². The zero-order valence-electron chi connectivity index (χ0n) is 9.32. The van der Waals surface area contributed by atoms with Gasteiger partial charge in [-0.05, 0) is 19.8 Å². The van der Waals surface area contributed by atoms with Gasteiger partial charge >= 0.3 is 5.97 Å². The van der Waals surface area contributed by atoms with Crippen molar-refractivity contribution < 1.29 is 14.3 Å². The van der Waals surface area contributed by atoms with Crippen molar-refractivity contribution in [3.05, 3.63) is 0 Å². The van der Waals surface area contributed by atoms with E-state index in [-0.39, 0.29) is 5.97 Å². The number of carbonyl (C=O) groups excluding carboxylic acids is 1. The van der Waals surface area contributed by atoms with Crippen molar-refractivity contribution in [2.24, 2.45) is 5.73 Å². The Morgan fingerprint density at radius 1 is 1.73 bits per heavy atom. The van der Waals surface area contributed by atoms with Crippen LogP contribution in [-0.2, 0) is 14.3 Å². The first-order chi connectivity index (χ1) is 7.06. The largest absolute Gasteiger partial charge is 0.468 e. The minimum atomic E-state index is -0.891. The van der Waals surface area contributed by atoms with Gasteiger partial charge in [0, 0.05) is 18.1 Å². The summed E-state index contributed by atoms with van der Waals surface area (Å²) in [5.41, 5.74) is 4.93. The Hall–Kier alpha value is -0.260. The molecule has 4 nitrogen and oxygen atoms in total. The number of ether oxygens (including phenoxy) is 2. The standard InChI is InChI=1S/C10H19NO3S/c1-10(11,9(12)13-2)7-15-6-8-4-3-5-14-8/h8H,3-7,11H2,1-2H3. The topological polar surface area (TPSA) is 61.5 Å². The normalized spacial score (nSPS) is 24.9. The second-order valence-electron chi connectivity index (χ2n) is 4.06. The van der Waals surface area contributed by atoms with Crippen molar-refractivity contribution in [1.29, 1.82) is 0 Å². The maximum Gasteiger partial charge on any atom is 0.326 e. The first-order valence-electron chi connectivity index (χ1n) is 5.13. The Balaban J connectivity index is 2.20. The fourth-order valence-corrected chi connectivity index (χ4v) is 2.66. The van der Waals surface area contributed by atoms with Crippen LogP contribution in [0.5, 0.6) is 0 Å². The molecule has 2 atom stereocenters. The van der Waals surface area contributed by atoms with Crippen LogP contribution in [0.15, 0.2) is 0 Å². The molecule has 0 saturated carbocycles. The summed E-state index contributed by atoms with van der Waals surface area (Å²) >= 11 is 1.65. The maximum absolute atomic E-state index is 11.3. The molecular weight excluding hydrogens is 214 g/mol. The van der Waals surface area contributed by atoms with Gasteiger partial charge in [0.25, 0.3) is 0 Å². The molecular formula is C10H19NO3S. The second-order valence-corrected chi connectivity index (χ2v) is 5.09. The van der Waals surface area contributed by atoms with Crippen LogP contribution in [-0.4, -0.2) is 42.8 Å². The summed E-state index contributed by atoms with van der Waals surface area (Å²) in [4.78, 5) is 11.3. The number of hydrogen-bond acceptors (Lipinski definition) is 5. The molecule has 15 heavy (non-hydrogen) atoms. The minimum absolute atomic E-state index is 0.337. The van der Waals surface area contributed by atoms with E-state index < -0.39 is 5.54 Å². The summed E-state index contributed by atoms with van der Waals surface area (Å²) in [6, 6.07) is 0. The third-order valence-corrected chi connectivity index (χ3v) is 3.79. The lowest BCUT2D eigenvalue weighted by atomic mass is 10.1. The lowest BCUT2D eigenvalue weighted by Gasteiger charge is -2.21. The van der Waals surface area contributed by atoms with Crippen LogP contribution in [0, 0.1) is 0 Å². The highest BCUT2D eigenvalue weighted by atomic mass is 32.2. The number of nitrogens with two attached hydrogens (primary N) is 1. The van der Waals surface area contributed by atoms with E-state index in [0.717, 1.165) is 25.2 Å². The van der Waals surface area contributed by atoms with Gasteiger partial charge in [0.2, 0.25) is 0 Å². The number of hydrogen-bond donors (Lipinski definition) is 1. The molecule has 1 rings (SSSR count). The molecule has 0 aromatic heterocycles. The van der Waals surface area contributed by atoms with Gasteiger partial charge in [-0.25, -0.2) is 0 Å². The van der Waals surface area contributed by atoms with E-state index in [2.05, 4.69) is 4.74 Å². The van der Waals surface area contributed by atoms with Gasteiger partial charge in [-0.3, -0.25) is 4.79 Å². The number of rotatable bonds is 5. The van der Waals surface area contributed by atoms with Crippen LogP contribution in [0.1, 0.15) is 19.8 Å². The average molecular weight is 233 g/mol. The zero-order chi connectivity index (χ0) is 11.3. The van der Waals surface area contributed by atoms with E-state index in [9.17, 15) is 4.79 Å². The maximum atomic E-state index is 11.3. The molecule has 0 spiro atoms. The van der Waals surface area contributed by atoms with Crippen LogP contribution >= 0.6 is 11.8 Å². The quantitative estimate of drug-likeness (QED) is 0.711. The SMILES string of the molecule is COC(=O)C(C)(N)CSCC1CCCO1. The molecule has 2 N–H and O–H groups in total. The lowest BCUT2D eigenvalue weighted by molar-refractivity contribution is -0.145. The summed E-state index contributed by atoms with van der Waals surface area (Å²) in [5.74, 6) is 1.12. The van der Waals surface area contributed by atoms with Crippen molar-refractivity contribution in [3.63, 3.8) is 0 Å². The van der Waals surface area contributed by atoms with Crippen molar-refractivity contribution in [2.45, 2.75) is 31.4 Å². The van der Waals surface area contributed by atoms with Crippen LogP contribution in [0.4, 0.5) is 0 Å². The monoisotopic (exact) mass is 233 g/mol. The highest BCUT2D eigenvalue weighted by Gasteiger charge is 2.29. The third-order valence-electron chi connectivity index (χ3n) is 2.38. The van der Waals surface area contributed by atoms with Crippen LogP contribution < -0.4 is 5.73 Å². The van der Waals surface area contributed by atoms with Crippen molar-refractivity contribution in [1.82, 2.24) is 0 Å². The molecule has 0 amide bonds. The van der Waals surface area contributed by atoms with E-state index in [0.29, 0.717) is 11.9 Å². The van der Waals surface area contributed by atoms with Crippen LogP contribution in [0.25, 0.3) is 0 Å². The summed E-state index contributed by atoms with van der Waals surface area (Å²) in [6.07, 6.45) is 2.60. The van der Waals surface area contributed by atoms with Gasteiger partial charge in [0.15, 0.2) is 0 Å². The zero-order valence-corrected chi connectivity index (χ0v) is 10.1. The molecule has 1 aliphatic heterocycles. The molecule has 1 aliphatic rings. The average Bonchev–Trinajstić information content (AvgIpc) is 2.69. The molecule has 1 heterocycles. The molecule has 1 fully saturated rings. The molecule has 0 aliphatic carbocycles. The molecule has 0 aromatic rings. The van der Waals surface area contributed by atoms with Gasteiger partial charge in [-0.15, -0.1) is 0 Å². The Kier molecular flexibility index (Phi) is 4.89. The van der Waals surface area contributed by atoms with Gasteiger partial charge in [-0.2, -0.15) is 11.8 Å². The predicted octanol–water partition coefficient (Wildman–Crippen LogP) is 0.789. The molecule has 88 valence electrons. The first-order valence-corrected chi connectivity index (χ1v) is 6.28. The number of carbonyl (C=O) groups is 1. The van der Waals surface area contributed by atoms with E-state index in [1.165, 1.54) is 7.11 Å². The first kappa shape index (κ1) is 12.8. The lowest BCUT2D eigenvalue weighted by Crippen LogP contribution is -2.48. The van der Waals surface area contributed by atoms with Crippen molar-refractivity contribution in [2.75, 3.05) is 25.2 Å². The minimum Gasteiger partial charge on any atom is -0.468 e. The Morgan fingerprint density at radius 3 is 3.00 bits per heavy atom. The van der Waals surface area contributed by atoms with Gasteiger partial charge in [0.1, 0.15) is 5.54 Å². The number of methoxy groups -OCH3 is 1. The number of thioether (sulfide) groups is 1. The Bertz CT molecular complexity index is 215. The molecule has 1 saturated heterocycles. The molecule has 0 bridgehead atoms. The van der Waals surface area contributed by atoms with E-state index >= 15 is 0 Å². The molecule has 0 aromatic carbocycles.